The summed E-state index contributed by atoms with van der Waals surface area (Å²) >= 11 is 0. The summed E-state index contributed by atoms with van der Waals surface area (Å²) in [4.78, 5) is 8.37. The second-order valence-corrected chi connectivity index (χ2v) is 2.43. The van der Waals surface area contributed by atoms with Crippen LogP contribution in [0.15, 0.2) is 36.7 Å². The summed E-state index contributed by atoms with van der Waals surface area (Å²) in [5.41, 5.74) is 1.83. The third-order valence-corrected chi connectivity index (χ3v) is 1.60. The van der Waals surface area contributed by atoms with Gasteiger partial charge in [0, 0.05) is 12.4 Å². The normalized spacial score (nSPS) is 21.7. The molecule has 58 valence electrons. The molecule has 0 unspecified atom stereocenters. The monoisotopic (exact) mass is 156 g/mol. The molecule has 2 rings (SSSR count). The van der Waals surface area contributed by atoms with Crippen molar-refractivity contribution in [1.29, 1.82) is 0 Å². The van der Waals surface area contributed by atoms with Crippen LogP contribution >= 0.6 is 0 Å². The lowest BCUT2D eigenvalue weighted by Crippen LogP contribution is -1.89. The van der Waals surface area contributed by atoms with Crippen molar-refractivity contribution in [2.75, 3.05) is 0 Å². The van der Waals surface area contributed by atoms with Crippen LogP contribution in [0.25, 0.3) is 12.2 Å². The summed E-state index contributed by atoms with van der Waals surface area (Å²) in [7, 11) is 0. The molecule has 1 aromatic rings. The van der Waals surface area contributed by atoms with Crippen LogP contribution in [0, 0.1) is 0 Å². The molecule has 0 aliphatic heterocycles. The topological polar surface area (TPSA) is 25.8 Å². The van der Waals surface area contributed by atoms with Crippen LogP contribution in [0.1, 0.15) is 11.4 Å². The minimum absolute atomic E-state index is 0.915. The molecule has 1 heterocycles. The summed E-state index contributed by atoms with van der Waals surface area (Å²) in [6.07, 6.45) is 15.1. The maximum atomic E-state index is 4.19. The van der Waals surface area contributed by atoms with Crippen LogP contribution in [0.2, 0.25) is 0 Å². The number of rotatable bonds is 0. The molecule has 2 nitrogen and oxygen atoms in total. The van der Waals surface area contributed by atoms with Crippen molar-refractivity contribution in [3.8, 4) is 0 Å². The van der Waals surface area contributed by atoms with Crippen LogP contribution < -0.4 is 0 Å². The maximum Gasteiger partial charge on any atom is 0.0886 e. The van der Waals surface area contributed by atoms with E-state index in [0.717, 1.165) is 11.4 Å². The van der Waals surface area contributed by atoms with E-state index in [0.29, 0.717) is 0 Å². The summed E-state index contributed by atoms with van der Waals surface area (Å²) in [5, 5.41) is 0. The summed E-state index contributed by atoms with van der Waals surface area (Å²) in [5.74, 6) is 0. The van der Waals surface area contributed by atoms with Gasteiger partial charge >= 0.3 is 0 Å². The molecule has 12 heavy (non-hydrogen) atoms. The van der Waals surface area contributed by atoms with E-state index in [9.17, 15) is 0 Å². The average Bonchev–Trinajstić information content (AvgIpc) is 2.06. The minimum atomic E-state index is 0.915. The van der Waals surface area contributed by atoms with Crippen molar-refractivity contribution in [2.45, 2.75) is 0 Å². The van der Waals surface area contributed by atoms with E-state index in [2.05, 4.69) is 9.97 Å². The van der Waals surface area contributed by atoms with E-state index >= 15 is 0 Å². The fraction of sp³-hybridized carbons (Fsp3) is 0. The predicted octanol–water partition coefficient (Wildman–Crippen LogP) is 2.07. The number of allylic oxidation sites excluding steroid dienone is 4. The van der Waals surface area contributed by atoms with Gasteiger partial charge in [-0.25, -0.2) is 0 Å². The Balaban J connectivity index is 2.54. The van der Waals surface area contributed by atoms with Crippen LogP contribution in [-0.4, -0.2) is 9.97 Å². The standard InChI is InChI=1S/C10H8N2/c1-2-4-6-10-9(5-3-1)11-7-8-12-10/h1-8H/b2-1-,3-1?,4-2?,5-3-,6-4-,9-5?,10-6?. The Bertz CT molecular complexity index is 327. The third kappa shape index (κ3) is 1.32. The molecule has 0 spiro atoms. The van der Waals surface area contributed by atoms with E-state index < -0.39 is 0 Å². The highest BCUT2D eigenvalue weighted by Gasteiger charge is 1.96. The summed E-state index contributed by atoms with van der Waals surface area (Å²) < 4.78 is 0. The average molecular weight is 156 g/mol. The van der Waals surface area contributed by atoms with E-state index in [-0.39, 0.29) is 0 Å². The zero-order chi connectivity index (χ0) is 8.23. The predicted molar refractivity (Wildman–Crippen MR) is 49.2 cm³/mol. The highest BCUT2D eigenvalue weighted by atomic mass is 14.8. The molecule has 2 heteroatoms. The largest absolute Gasteiger partial charge is 0.253 e. The molecule has 0 aromatic carbocycles. The van der Waals surface area contributed by atoms with Crippen molar-refractivity contribution in [3.63, 3.8) is 0 Å². The summed E-state index contributed by atoms with van der Waals surface area (Å²) in [6.45, 7) is 0. The van der Waals surface area contributed by atoms with Gasteiger partial charge in [-0.3, -0.25) is 9.97 Å². The van der Waals surface area contributed by atoms with Gasteiger partial charge in [0.2, 0.25) is 0 Å². The molecular formula is C10H8N2. The smallest absolute Gasteiger partial charge is 0.0886 e. The van der Waals surface area contributed by atoms with Gasteiger partial charge in [-0.05, 0) is 12.2 Å². The molecule has 0 saturated carbocycles. The van der Waals surface area contributed by atoms with Gasteiger partial charge in [0.1, 0.15) is 0 Å². The lowest BCUT2D eigenvalue weighted by atomic mass is 10.2. The van der Waals surface area contributed by atoms with Gasteiger partial charge in [-0.15, -0.1) is 0 Å². The zero-order valence-corrected chi connectivity index (χ0v) is 6.51. The highest BCUT2D eigenvalue weighted by molar-refractivity contribution is 5.62. The molecular weight excluding hydrogens is 148 g/mol. The maximum absolute atomic E-state index is 4.19. The van der Waals surface area contributed by atoms with Crippen molar-refractivity contribution in [3.05, 3.63) is 48.1 Å². The Morgan fingerprint density at radius 2 is 1.17 bits per heavy atom. The van der Waals surface area contributed by atoms with Crippen molar-refractivity contribution in [2.24, 2.45) is 0 Å². The van der Waals surface area contributed by atoms with Crippen LogP contribution in [-0.2, 0) is 0 Å². The van der Waals surface area contributed by atoms with Gasteiger partial charge in [-0.2, -0.15) is 0 Å². The Morgan fingerprint density at radius 1 is 0.667 bits per heavy atom. The van der Waals surface area contributed by atoms with Gasteiger partial charge in [0.15, 0.2) is 0 Å². The van der Waals surface area contributed by atoms with E-state index in [1.165, 1.54) is 0 Å². The first-order valence-corrected chi connectivity index (χ1v) is 3.79. The molecule has 1 aliphatic carbocycles. The minimum Gasteiger partial charge on any atom is -0.253 e. The fourth-order valence-corrected chi connectivity index (χ4v) is 1.04. The van der Waals surface area contributed by atoms with Gasteiger partial charge in [0.25, 0.3) is 0 Å². The SMILES string of the molecule is C1=C\C=C/c2nccnc2\C=C/1. The third-order valence-electron chi connectivity index (χ3n) is 1.60. The van der Waals surface area contributed by atoms with E-state index in [1.807, 2.05) is 36.5 Å². The number of aromatic nitrogens is 2. The fourth-order valence-electron chi connectivity index (χ4n) is 1.04. The van der Waals surface area contributed by atoms with Crippen molar-refractivity contribution < 1.29 is 0 Å². The van der Waals surface area contributed by atoms with Gasteiger partial charge in [-0.1, -0.05) is 24.3 Å². The van der Waals surface area contributed by atoms with Crippen molar-refractivity contribution >= 4 is 12.2 Å². The highest BCUT2D eigenvalue weighted by Crippen LogP contribution is 2.08. The summed E-state index contributed by atoms with van der Waals surface area (Å²) in [6, 6.07) is 0. The molecule has 1 aliphatic rings. The molecule has 0 N–H and O–H groups in total. The molecule has 1 aromatic heterocycles. The second kappa shape index (κ2) is 3.13. The number of nitrogens with zero attached hydrogens (tertiary/aromatic N) is 2. The molecule has 0 fully saturated rings. The quantitative estimate of drug-likeness (QED) is 0.574. The first-order chi connectivity index (χ1) is 5.97. The van der Waals surface area contributed by atoms with Gasteiger partial charge in [0.05, 0.1) is 11.4 Å². The lowest BCUT2D eigenvalue weighted by Gasteiger charge is -1.97. The molecule has 0 saturated heterocycles. The molecule has 0 bridgehead atoms. The first-order valence-electron chi connectivity index (χ1n) is 3.79. The van der Waals surface area contributed by atoms with Gasteiger partial charge < -0.3 is 0 Å². The lowest BCUT2D eigenvalue weighted by molar-refractivity contribution is 1.16. The number of hydrogen-bond donors (Lipinski definition) is 0. The Morgan fingerprint density at radius 3 is 1.67 bits per heavy atom. The van der Waals surface area contributed by atoms with Crippen LogP contribution in [0.3, 0.4) is 0 Å². The first kappa shape index (κ1) is 6.98. The Kier molecular flexibility index (Phi) is 1.82. The molecule has 0 atom stereocenters. The second-order valence-electron chi connectivity index (χ2n) is 2.43. The Labute approximate surface area is 71.0 Å². The van der Waals surface area contributed by atoms with E-state index in [1.54, 1.807) is 12.4 Å². The molecule has 0 radical (unpaired) electrons. The van der Waals surface area contributed by atoms with E-state index in [4.69, 9.17) is 0 Å². The van der Waals surface area contributed by atoms with Crippen molar-refractivity contribution in [1.82, 2.24) is 9.97 Å². The number of fused-ring (bicyclic) bond motifs is 1. The zero-order valence-electron chi connectivity index (χ0n) is 6.51. The molecule has 0 amide bonds. The van der Waals surface area contributed by atoms with Crippen LogP contribution in [0.5, 0.6) is 0 Å². The Hall–Kier alpha value is -1.70. The van der Waals surface area contributed by atoms with Crippen LogP contribution in [0.4, 0.5) is 0 Å². The number of hydrogen-bond acceptors (Lipinski definition) is 2.